The monoisotopic (exact) mass is 239 g/mol. The standard InChI is InChI=1S/C16H33N/c1-7-17(8-2)13-16(14(3)4)11-9-15(5,6)10-12-16/h14H,7-13H2,1-6H3. The van der Waals surface area contributed by atoms with Gasteiger partial charge < -0.3 is 4.90 Å². The van der Waals surface area contributed by atoms with Gasteiger partial charge >= 0.3 is 0 Å². The molecule has 0 spiro atoms. The van der Waals surface area contributed by atoms with Crippen LogP contribution in [0.3, 0.4) is 0 Å². The lowest BCUT2D eigenvalue weighted by molar-refractivity contribution is 0.0230. The van der Waals surface area contributed by atoms with Gasteiger partial charge in [-0.2, -0.15) is 0 Å². The molecule has 0 saturated heterocycles. The van der Waals surface area contributed by atoms with Gasteiger partial charge in [-0.05, 0) is 55.5 Å². The molecule has 0 radical (unpaired) electrons. The Labute approximate surface area is 109 Å². The van der Waals surface area contributed by atoms with Gasteiger partial charge in [-0.1, -0.05) is 41.5 Å². The number of rotatable bonds is 5. The zero-order chi connectivity index (χ0) is 13.1. The van der Waals surface area contributed by atoms with Crippen LogP contribution in [-0.2, 0) is 0 Å². The van der Waals surface area contributed by atoms with Crippen LogP contribution in [0, 0.1) is 16.7 Å². The molecule has 1 saturated carbocycles. The van der Waals surface area contributed by atoms with Gasteiger partial charge in [-0.25, -0.2) is 0 Å². The maximum absolute atomic E-state index is 2.62. The smallest absolute Gasteiger partial charge is 0.00402 e. The topological polar surface area (TPSA) is 3.24 Å². The van der Waals surface area contributed by atoms with Gasteiger partial charge in [0, 0.05) is 6.54 Å². The van der Waals surface area contributed by atoms with Crippen molar-refractivity contribution in [2.45, 2.75) is 67.2 Å². The number of hydrogen-bond donors (Lipinski definition) is 0. The second-order valence-corrected chi connectivity index (χ2v) is 7.14. The van der Waals surface area contributed by atoms with Crippen molar-refractivity contribution in [3.05, 3.63) is 0 Å². The first kappa shape index (κ1) is 15.0. The molecule has 17 heavy (non-hydrogen) atoms. The van der Waals surface area contributed by atoms with Gasteiger partial charge in [-0.3, -0.25) is 0 Å². The second-order valence-electron chi connectivity index (χ2n) is 7.14. The van der Waals surface area contributed by atoms with E-state index in [0.29, 0.717) is 10.8 Å². The van der Waals surface area contributed by atoms with E-state index in [4.69, 9.17) is 0 Å². The molecule has 1 aliphatic carbocycles. The van der Waals surface area contributed by atoms with Gasteiger partial charge in [0.15, 0.2) is 0 Å². The fourth-order valence-electron chi connectivity index (χ4n) is 3.24. The van der Waals surface area contributed by atoms with Gasteiger partial charge in [0.1, 0.15) is 0 Å². The highest BCUT2D eigenvalue weighted by molar-refractivity contribution is 4.92. The van der Waals surface area contributed by atoms with E-state index in [1.807, 2.05) is 0 Å². The minimum atomic E-state index is 0.585. The van der Waals surface area contributed by atoms with Crippen LogP contribution >= 0.6 is 0 Å². The molecule has 0 heterocycles. The van der Waals surface area contributed by atoms with Crippen LogP contribution in [0.5, 0.6) is 0 Å². The second kappa shape index (κ2) is 5.73. The zero-order valence-electron chi connectivity index (χ0n) is 13.0. The van der Waals surface area contributed by atoms with Gasteiger partial charge in [0.25, 0.3) is 0 Å². The summed E-state index contributed by atoms with van der Waals surface area (Å²) < 4.78 is 0. The third-order valence-corrected chi connectivity index (χ3v) is 5.26. The summed E-state index contributed by atoms with van der Waals surface area (Å²) >= 11 is 0. The summed E-state index contributed by atoms with van der Waals surface area (Å²) in [7, 11) is 0. The number of hydrogen-bond acceptors (Lipinski definition) is 1. The van der Waals surface area contributed by atoms with Crippen molar-refractivity contribution in [2.24, 2.45) is 16.7 Å². The van der Waals surface area contributed by atoms with Crippen molar-refractivity contribution in [2.75, 3.05) is 19.6 Å². The quantitative estimate of drug-likeness (QED) is 0.679. The molecule has 1 fully saturated rings. The molecule has 0 amide bonds. The summed E-state index contributed by atoms with van der Waals surface area (Å²) in [4.78, 5) is 2.62. The molecular weight excluding hydrogens is 206 g/mol. The minimum Gasteiger partial charge on any atom is -0.303 e. The lowest BCUT2D eigenvalue weighted by Gasteiger charge is -2.48. The SMILES string of the molecule is CCN(CC)CC1(C(C)C)CCC(C)(C)CC1. The third-order valence-electron chi connectivity index (χ3n) is 5.26. The van der Waals surface area contributed by atoms with Crippen LogP contribution in [0.1, 0.15) is 67.2 Å². The molecule has 0 unspecified atom stereocenters. The van der Waals surface area contributed by atoms with E-state index >= 15 is 0 Å². The Kier molecular flexibility index (Phi) is 5.07. The lowest BCUT2D eigenvalue weighted by atomic mass is 9.60. The Morgan fingerprint density at radius 1 is 0.941 bits per heavy atom. The molecule has 0 aliphatic heterocycles. The summed E-state index contributed by atoms with van der Waals surface area (Å²) in [6, 6.07) is 0. The van der Waals surface area contributed by atoms with Crippen LogP contribution in [0.2, 0.25) is 0 Å². The summed E-state index contributed by atoms with van der Waals surface area (Å²) in [6.07, 6.45) is 5.67. The highest BCUT2D eigenvalue weighted by Gasteiger charge is 2.41. The van der Waals surface area contributed by atoms with Crippen molar-refractivity contribution in [1.82, 2.24) is 4.90 Å². The maximum Gasteiger partial charge on any atom is 0.00402 e. The minimum absolute atomic E-state index is 0.585. The van der Waals surface area contributed by atoms with E-state index in [2.05, 4.69) is 46.4 Å². The van der Waals surface area contributed by atoms with Gasteiger partial charge in [-0.15, -0.1) is 0 Å². The maximum atomic E-state index is 2.62. The molecule has 1 nitrogen and oxygen atoms in total. The van der Waals surface area contributed by atoms with Crippen LogP contribution in [0.25, 0.3) is 0 Å². The molecule has 0 aromatic heterocycles. The van der Waals surface area contributed by atoms with E-state index < -0.39 is 0 Å². The Balaban J connectivity index is 2.71. The average molecular weight is 239 g/mol. The summed E-state index contributed by atoms with van der Waals surface area (Å²) in [5.41, 5.74) is 1.17. The van der Waals surface area contributed by atoms with Crippen molar-refractivity contribution in [3.8, 4) is 0 Å². The van der Waals surface area contributed by atoms with Crippen molar-refractivity contribution >= 4 is 0 Å². The van der Waals surface area contributed by atoms with Crippen LogP contribution in [0.4, 0.5) is 0 Å². The molecule has 1 heteroatoms. The molecule has 102 valence electrons. The zero-order valence-corrected chi connectivity index (χ0v) is 13.0. The largest absolute Gasteiger partial charge is 0.303 e. The Hall–Kier alpha value is -0.0400. The van der Waals surface area contributed by atoms with Crippen LogP contribution in [-0.4, -0.2) is 24.5 Å². The lowest BCUT2D eigenvalue weighted by Crippen LogP contribution is -2.44. The highest BCUT2D eigenvalue weighted by Crippen LogP contribution is 2.49. The van der Waals surface area contributed by atoms with E-state index in [-0.39, 0.29) is 0 Å². The van der Waals surface area contributed by atoms with Crippen LogP contribution in [0.15, 0.2) is 0 Å². The van der Waals surface area contributed by atoms with Gasteiger partial charge in [0.05, 0.1) is 0 Å². The predicted octanol–water partition coefficient (Wildman–Crippen LogP) is 4.57. The fraction of sp³-hybridized carbons (Fsp3) is 1.00. The first-order valence-electron chi connectivity index (χ1n) is 7.57. The van der Waals surface area contributed by atoms with Crippen molar-refractivity contribution in [3.63, 3.8) is 0 Å². The molecule has 0 aromatic rings. The van der Waals surface area contributed by atoms with Crippen molar-refractivity contribution < 1.29 is 0 Å². The molecule has 0 bridgehead atoms. The van der Waals surface area contributed by atoms with E-state index in [0.717, 1.165) is 5.92 Å². The third kappa shape index (κ3) is 3.71. The summed E-state index contributed by atoms with van der Waals surface area (Å²) in [5, 5.41) is 0. The molecular formula is C16H33N. The Morgan fingerprint density at radius 2 is 1.41 bits per heavy atom. The van der Waals surface area contributed by atoms with E-state index in [1.54, 1.807) is 0 Å². The highest BCUT2D eigenvalue weighted by atomic mass is 15.1. The summed E-state index contributed by atoms with van der Waals surface area (Å²) in [5.74, 6) is 0.819. The van der Waals surface area contributed by atoms with Crippen molar-refractivity contribution in [1.29, 1.82) is 0 Å². The Bertz CT molecular complexity index is 216. The Morgan fingerprint density at radius 3 is 1.76 bits per heavy atom. The number of nitrogens with zero attached hydrogens (tertiary/aromatic N) is 1. The predicted molar refractivity (Wildman–Crippen MR) is 77.3 cm³/mol. The normalized spacial score (nSPS) is 23.3. The average Bonchev–Trinajstić information content (AvgIpc) is 2.28. The first-order chi connectivity index (χ1) is 7.85. The molecule has 0 atom stereocenters. The molecule has 0 N–H and O–H groups in total. The first-order valence-corrected chi connectivity index (χ1v) is 7.57. The summed E-state index contributed by atoms with van der Waals surface area (Å²) in [6.45, 7) is 18.1. The van der Waals surface area contributed by atoms with E-state index in [9.17, 15) is 0 Å². The molecule has 1 rings (SSSR count). The van der Waals surface area contributed by atoms with E-state index in [1.165, 1.54) is 45.3 Å². The fourth-order valence-corrected chi connectivity index (χ4v) is 3.24. The van der Waals surface area contributed by atoms with Gasteiger partial charge in [0.2, 0.25) is 0 Å². The molecule has 1 aliphatic rings. The molecule has 0 aromatic carbocycles. The van der Waals surface area contributed by atoms with Crippen LogP contribution < -0.4 is 0 Å².